The average molecular weight is 289 g/mol. The average Bonchev–Trinajstić information content (AvgIpc) is 2.22. The minimum atomic E-state index is -0.0260. The molecule has 2 rings (SSSR count). The predicted octanol–water partition coefficient (Wildman–Crippen LogP) is 3.22. The van der Waals surface area contributed by atoms with Gasteiger partial charge < -0.3 is 10.6 Å². The first-order valence-electron chi connectivity index (χ1n) is 5.88. The lowest BCUT2D eigenvalue weighted by molar-refractivity contribution is 0.0745. The molecule has 0 heterocycles. The van der Waals surface area contributed by atoms with Crippen LogP contribution in [0.25, 0.3) is 0 Å². The summed E-state index contributed by atoms with van der Waals surface area (Å²) in [7, 11) is 1.83. The molecule has 2 N–H and O–H groups in total. The SMILES string of the molecule is CN(CC1CCC1)C(=O)c1ccc(N)cc1Cl.Cl. The molecule has 0 radical (unpaired) electrons. The van der Waals surface area contributed by atoms with Gasteiger partial charge in [-0.15, -0.1) is 12.4 Å². The monoisotopic (exact) mass is 288 g/mol. The number of anilines is 1. The largest absolute Gasteiger partial charge is 0.399 e. The van der Waals surface area contributed by atoms with E-state index >= 15 is 0 Å². The maximum Gasteiger partial charge on any atom is 0.255 e. The fourth-order valence-electron chi connectivity index (χ4n) is 2.06. The molecule has 1 aliphatic carbocycles. The summed E-state index contributed by atoms with van der Waals surface area (Å²) in [6.07, 6.45) is 3.75. The van der Waals surface area contributed by atoms with Crippen LogP contribution < -0.4 is 5.73 Å². The van der Waals surface area contributed by atoms with Crippen molar-refractivity contribution >= 4 is 35.6 Å². The summed E-state index contributed by atoms with van der Waals surface area (Å²) in [5.41, 5.74) is 6.71. The maximum absolute atomic E-state index is 12.2. The van der Waals surface area contributed by atoms with E-state index in [1.165, 1.54) is 19.3 Å². The normalized spacial score (nSPS) is 14.6. The molecule has 0 bridgehead atoms. The molecule has 5 heteroatoms. The third-order valence-corrected chi connectivity index (χ3v) is 3.64. The highest BCUT2D eigenvalue weighted by atomic mass is 35.5. The summed E-state index contributed by atoms with van der Waals surface area (Å²) < 4.78 is 0. The molecule has 1 fully saturated rings. The van der Waals surface area contributed by atoms with Crippen LogP contribution in [-0.4, -0.2) is 24.4 Å². The van der Waals surface area contributed by atoms with Crippen molar-refractivity contribution < 1.29 is 4.79 Å². The fourth-order valence-corrected chi connectivity index (χ4v) is 2.33. The Morgan fingerprint density at radius 3 is 2.67 bits per heavy atom. The van der Waals surface area contributed by atoms with Crippen LogP contribution in [-0.2, 0) is 0 Å². The molecule has 1 aromatic carbocycles. The van der Waals surface area contributed by atoms with Gasteiger partial charge in [0.05, 0.1) is 10.6 Å². The number of carbonyl (C=O) groups excluding carboxylic acids is 1. The van der Waals surface area contributed by atoms with E-state index in [2.05, 4.69) is 0 Å². The van der Waals surface area contributed by atoms with Gasteiger partial charge in [0.25, 0.3) is 5.91 Å². The molecule has 0 spiro atoms. The molecule has 0 unspecified atom stereocenters. The highest BCUT2D eigenvalue weighted by molar-refractivity contribution is 6.34. The lowest BCUT2D eigenvalue weighted by Gasteiger charge is -2.30. The van der Waals surface area contributed by atoms with Crippen molar-refractivity contribution in [2.75, 3.05) is 19.3 Å². The van der Waals surface area contributed by atoms with Crippen molar-refractivity contribution in [2.45, 2.75) is 19.3 Å². The first kappa shape index (κ1) is 15.1. The number of rotatable bonds is 3. The van der Waals surface area contributed by atoms with Gasteiger partial charge >= 0.3 is 0 Å². The maximum atomic E-state index is 12.2. The number of carbonyl (C=O) groups is 1. The lowest BCUT2D eigenvalue weighted by Crippen LogP contribution is -2.34. The van der Waals surface area contributed by atoms with Crippen LogP contribution in [0, 0.1) is 5.92 Å². The van der Waals surface area contributed by atoms with Crippen LogP contribution in [0.3, 0.4) is 0 Å². The van der Waals surface area contributed by atoms with E-state index in [0.29, 0.717) is 22.2 Å². The number of halogens is 2. The van der Waals surface area contributed by atoms with Crippen molar-refractivity contribution in [3.8, 4) is 0 Å². The first-order valence-corrected chi connectivity index (χ1v) is 6.26. The number of benzene rings is 1. The second kappa shape index (κ2) is 6.30. The third kappa shape index (κ3) is 3.30. The lowest BCUT2D eigenvalue weighted by atomic mass is 9.85. The summed E-state index contributed by atoms with van der Waals surface area (Å²) >= 11 is 6.03. The Labute approximate surface area is 119 Å². The number of hydrogen-bond acceptors (Lipinski definition) is 2. The minimum absolute atomic E-state index is 0. The van der Waals surface area contributed by atoms with E-state index in [4.69, 9.17) is 17.3 Å². The van der Waals surface area contributed by atoms with Crippen molar-refractivity contribution in [1.29, 1.82) is 0 Å². The fraction of sp³-hybridized carbons (Fsp3) is 0.462. The van der Waals surface area contributed by atoms with E-state index < -0.39 is 0 Å². The molecular formula is C13H18Cl2N2O. The minimum Gasteiger partial charge on any atom is -0.399 e. The van der Waals surface area contributed by atoms with Gasteiger partial charge in [-0.25, -0.2) is 0 Å². The highest BCUT2D eigenvalue weighted by Crippen LogP contribution is 2.28. The van der Waals surface area contributed by atoms with Gasteiger partial charge in [0.1, 0.15) is 0 Å². The molecule has 0 saturated heterocycles. The molecule has 1 amide bonds. The third-order valence-electron chi connectivity index (χ3n) is 3.33. The number of nitrogen functional groups attached to an aromatic ring is 1. The summed E-state index contributed by atoms with van der Waals surface area (Å²) in [5, 5.41) is 0.426. The number of nitrogens with zero attached hydrogens (tertiary/aromatic N) is 1. The Morgan fingerprint density at radius 2 is 2.17 bits per heavy atom. The van der Waals surface area contributed by atoms with Crippen LogP contribution in [0.15, 0.2) is 18.2 Å². The van der Waals surface area contributed by atoms with Crippen LogP contribution in [0.4, 0.5) is 5.69 Å². The molecule has 100 valence electrons. The Hall–Kier alpha value is -0.930. The highest BCUT2D eigenvalue weighted by Gasteiger charge is 2.22. The number of amides is 1. The number of nitrogens with two attached hydrogens (primary N) is 1. The van der Waals surface area contributed by atoms with Crippen molar-refractivity contribution in [3.05, 3.63) is 28.8 Å². The Bertz CT molecular complexity index is 433. The molecule has 0 aliphatic heterocycles. The van der Waals surface area contributed by atoms with E-state index in [-0.39, 0.29) is 18.3 Å². The van der Waals surface area contributed by atoms with Crippen LogP contribution in [0.2, 0.25) is 5.02 Å². The molecule has 1 aromatic rings. The van der Waals surface area contributed by atoms with Crippen LogP contribution in [0.5, 0.6) is 0 Å². The molecular weight excluding hydrogens is 271 g/mol. The van der Waals surface area contributed by atoms with Gasteiger partial charge in [-0.1, -0.05) is 18.0 Å². The second-order valence-electron chi connectivity index (χ2n) is 4.72. The zero-order valence-corrected chi connectivity index (χ0v) is 11.9. The van der Waals surface area contributed by atoms with E-state index in [9.17, 15) is 4.79 Å². The Morgan fingerprint density at radius 1 is 1.50 bits per heavy atom. The summed E-state index contributed by atoms with van der Waals surface area (Å²) in [6.45, 7) is 0.819. The molecule has 18 heavy (non-hydrogen) atoms. The molecule has 1 aliphatic rings. The zero-order valence-electron chi connectivity index (χ0n) is 10.4. The molecule has 0 atom stereocenters. The van der Waals surface area contributed by atoms with Gasteiger partial charge in [-0.05, 0) is 37.0 Å². The smallest absolute Gasteiger partial charge is 0.255 e. The molecule has 3 nitrogen and oxygen atoms in total. The van der Waals surface area contributed by atoms with E-state index in [1.807, 2.05) is 7.05 Å². The van der Waals surface area contributed by atoms with Gasteiger partial charge in [0.15, 0.2) is 0 Å². The van der Waals surface area contributed by atoms with E-state index in [1.54, 1.807) is 23.1 Å². The quantitative estimate of drug-likeness (QED) is 0.868. The predicted molar refractivity (Wildman–Crippen MR) is 77.4 cm³/mol. The molecule has 0 aromatic heterocycles. The van der Waals surface area contributed by atoms with Gasteiger partial charge in [0.2, 0.25) is 0 Å². The topological polar surface area (TPSA) is 46.3 Å². The van der Waals surface area contributed by atoms with Crippen molar-refractivity contribution in [3.63, 3.8) is 0 Å². The van der Waals surface area contributed by atoms with Gasteiger partial charge in [0, 0.05) is 19.3 Å². The van der Waals surface area contributed by atoms with E-state index in [0.717, 1.165) is 6.54 Å². The zero-order chi connectivity index (χ0) is 12.4. The van der Waals surface area contributed by atoms with Gasteiger partial charge in [-0.3, -0.25) is 4.79 Å². The summed E-state index contributed by atoms with van der Waals surface area (Å²) in [4.78, 5) is 13.9. The van der Waals surface area contributed by atoms with Crippen LogP contribution in [0.1, 0.15) is 29.6 Å². The van der Waals surface area contributed by atoms with Gasteiger partial charge in [-0.2, -0.15) is 0 Å². The Balaban J connectivity index is 0.00000162. The van der Waals surface area contributed by atoms with Crippen molar-refractivity contribution in [1.82, 2.24) is 4.90 Å². The Kier molecular flexibility index (Phi) is 5.29. The standard InChI is InChI=1S/C13H17ClN2O.ClH/c1-16(8-9-3-2-4-9)13(17)11-6-5-10(15)7-12(11)14;/h5-7,9H,2-4,8,15H2,1H3;1H. The first-order chi connectivity index (χ1) is 8.08. The summed E-state index contributed by atoms with van der Waals surface area (Å²) in [5.74, 6) is 0.637. The van der Waals surface area contributed by atoms with Crippen LogP contribution >= 0.6 is 24.0 Å². The molecule has 1 saturated carbocycles. The second-order valence-corrected chi connectivity index (χ2v) is 5.13. The summed E-state index contributed by atoms with van der Waals surface area (Å²) in [6, 6.07) is 5.01. The van der Waals surface area contributed by atoms with Crippen molar-refractivity contribution in [2.24, 2.45) is 5.92 Å². The number of hydrogen-bond donors (Lipinski definition) is 1.